The van der Waals surface area contributed by atoms with Crippen LogP contribution in [0.1, 0.15) is 33.0 Å². The second kappa shape index (κ2) is 7.02. The molecule has 1 aliphatic rings. The number of β-amino-alcohol motifs (C(OH)–C–C–N with tert-alkyl or cyclic N) is 1. The molecule has 3 rings (SSSR count). The summed E-state index contributed by atoms with van der Waals surface area (Å²) >= 11 is 0. The molecule has 0 spiro atoms. The number of halogens is 1. The molecule has 0 saturated carbocycles. The molecule has 2 aromatic rings. The van der Waals surface area contributed by atoms with Crippen molar-refractivity contribution >= 4 is 11.8 Å². The first-order valence-corrected chi connectivity index (χ1v) is 7.91. The minimum atomic E-state index is -0.928. The minimum Gasteiger partial charge on any atom is -0.389 e. The number of amides is 2. The van der Waals surface area contributed by atoms with Crippen molar-refractivity contribution in [2.24, 2.45) is 0 Å². The summed E-state index contributed by atoms with van der Waals surface area (Å²) in [5.74, 6) is -0.765. The zero-order valence-electron chi connectivity index (χ0n) is 13.6. The number of aryl methyl sites for hydroxylation is 1. The third kappa shape index (κ3) is 3.85. The van der Waals surface area contributed by atoms with E-state index in [0.29, 0.717) is 18.7 Å². The second-order valence-corrected chi connectivity index (χ2v) is 6.02. The van der Waals surface area contributed by atoms with Crippen molar-refractivity contribution in [2.75, 3.05) is 13.1 Å². The fraction of sp³-hybridized carbons (Fsp3) is 0.353. The highest BCUT2D eigenvalue weighted by Gasteiger charge is 2.32. The topological polar surface area (TPSA) is 95.7 Å². The van der Waals surface area contributed by atoms with E-state index in [4.69, 9.17) is 4.52 Å². The SMILES string of the molecule is Cc1cc(C(=O)N[C@@H]2CCN(C(=O)c3cccc(F)c3)C[C@H]2O)no1. The first-order valence-electron chi connectivity index (χ1n) is 7.91. The van der Waals surface area contributed by atoms with E-state index in [1.54, 1.807) is 6.92 Å². The Morgan fingerprint density at radius 3 is 2.84 bits per heavy atom. The summed E-state index contributed by atoms with van der Waals surface area (Å²) < 4.78 is 18.1. The van der Waals surface area contributed by atoms with Gasteiger partial charge in [-0.15, -0.1) is 0 Å². The Bertz CT molecular complexity index is 792. The third-order valence-electron chi connectivity index (χ3n) is 4.12. The average molecular weight is 347 g/mol. The van der Waals surface area contributed by atoms with Crippen molar-refractivity contribution in [3.63, 3.8) is 0 Å². The molecule has 7 nitrogen and oxygen atoms in total. The minimum absolute atomic E-state index is 0.0537. The molecule has 1 aromatic carbocycles. The van der Waals surface area contributed by atoms with Crippen molar-refractivity contribution in [1.82, 2.24) is 15.4 Å². The Balaban J connectivity index is 1.60. The van der Waals surface area contributed by atoms with Crippen molar-refractivity contribution in [2.45, 2.75) is 25.5 Å². The zero-order valence-corrected chi connectivity index (χ0v) is 13.6. The van der Waals surface area contributed by atoms with Gasteiger partial charge in [0.15, 0.2) is 5.69 Å². The predicted molar refractivity (Wildman–Crippen MR) is 85.4 cm³/mol. The Labute approximate surface area is 143 Å². The van der Waals surface area contributed by atoms with Crippen LogP contribution in [0.4, 0.5) is 4.39 Å². The van der Waals surface area contributed by atoms with Crippen molar-refractivity contribution in [1.29, 1.82) is 0 Å². The number of hydrogen-bond acceptors (Lipinski definition) is 5. The number of aliphatic hydroxyl groups is 1. The molecule has 1 aromatic heterocycles. The molecule has 2 amide bonds. The Kier molecular flexibility index (Phi) is 4.80. The summed E-state index contributed by atoms with van der Waals surface area (Å²) in [6.45, 7) is 2.07. The van der Waals surface area contributed by atoms with Crippen LogP contribution in [0.25, 0.3) is 0 Å². The maximum absolute atomic E-state index is 13.3. The van der Waals surface area contributed by atoms with E-state index in [-0.39, 0.29) is 23.7 Å². The van der Waals surface area contributed by atoms with E-state index in [1.807, 2.05) is 0 Å². The van der Waals surface area contributed by atoms with Crippen LogP contribution in [0.15, 0.2) is 34.9 Å². The van der Waals surface area contributed by atoms with Crippen LogP contribution in [-0.2, 0) is 0 Å². The van der Waals surface area contributed by atoms with Crippen LogP contribution in [-0.4, -0.2) is 52.2 Å². The molecule has 8 heteroatoms. The van der Waals surface area contributed by atoms with Crippen molar-refractivity contribution < 1.29 is 23.6 Å². The number of aliphatic hydroxyl groups excluding tert-OH is 1. The molecule has 2 N–H and O–H groups in total. The van der Waals surface area contributed by atoms with E-state index < -0.39 is 23.9 Å². The molecule has 2 heterocycles. The van der Waals surface area contributed by atoms with Gasteiger partial charge in [0.1, 0.15) is 11.6 Å². The smallest absolute Gasteiger partial charge is 0.273 e. The maximum Gasteiger partial charge on any atom is 0.273 e. The number of nitrogens with zero attached hydrogens (tertiary/aromatic N) is 2. The standard InChI is InChI=1S/C17H18FN3O4/c1-10-7-14(20-25-10)16(23)19-13-5-6-21(9-15(13)22)17(24)11-3-2-4-12(18)8-11/h2-4,7-8,13,15,22H,5-6,9H2,1H3,(H,19,23)/t13-,15-/m1/s1. The molecule has 1 fully saturated rings. The molecule has 0 bridgehead atoms. The molecule has 132 valence electrons. The lowest BCUT2D eigenvalue weighted by atomic mass is 10.0. The van der Waals surface area contributed by atoms with Gasteiger partial charge in [0.05, 0.1) is 12.1 Å². The summed E-state index contributed by atoms with van der Waals surface area (Å²) in [7, 11) is 0. The van der Waals surface area contributed by atoms with Gasteiger partial charge >= 0.3 is 0 Å². The number of hydrogen-bond donors (Lipinski definition) is 2. The van der Waals surface area contributed by atoms with E-state index >= 15 is 0 Å². The number of likely N-dealkylation sites (tertiary alicyclic amines) is 1. The lowest BCUT2D eigenvalue weighted by Gasteiger charge is -2.36. The monoisotopic (exact) mass is 347 g/mol. The first kappa shape index (κ1) is 17.1. The summed E-state index contributed by atoms with van der Waals surface area (Å²) in [6.07, 6.45) is -0.548. The van der Waals surface area contributed by atoms with Crippen molar-refractivity contribution in [3.05, 3.63) is 53.2 Å². The molecule has 0 aliphatic carbocycles. The average Bonchev–Trinajstić information content (AvgIpc) is 3.02. The van der Waals surface area contributed by atoms with Gasteiger partial charge in [0.25, 0.3) is 11.8 Å². The molecular formula is C17H18FN3O4. The summed E-state index contributed by atoms with van der Waals surface area (Å²) in [5.41, 5.74) is 0.371. The Hall–Kier alpha value is -2.74. The van der Waals surface area contributed by atoms with E-state index in [1.165, 1.54) is 29.2 Å². The number of carbonyl (C=O) groups excluding carboxylic acids is 2. The number of nitrogens with one attached hydrogen (secondary N) is 1. The lowest BCUT2D eigenvalue weighted by Crippen LogP contribution is -2.55. The first-order chi connectivity index (χ1) is 11.9. The van der Waals surface area contributed by atoms with Gasteiger partial charge in [-0.05, 0) is 31.5 Å². The van der Waals surface area contributed by atoms with Gasteiger partial charge in [-0.3, -0.25) is 9.59 Å². The maximum atomic E-state index is 13.3. The van der Waals surface area contributed by atoms with Gasteiger partial charge in [0, 0.05) is 24.7 Å². The predicted octanol–water partition coefficient (Wildman–Crippen LogP) is 1.13. The highest BCUT2D eigenvalue weighted by atomic mass is 19.1. The van der Waals surface area contributed by atoms with Gasteiger partial charge in [-0.25, -0.2) is 4.39 Å². The normalized spacial score (nSPS) is 20.4. The zero-order chi connectivity index (χ0) is 18.0. The van der Waals surface area contributed by atoms with Gasteiger partial charge in [-0.2, -0.15) is 0 Å². The number of piperidine rings is 1. The molecule has 0 unspecified atom stereocenters. The highest BCUT2D eigenvalue weighted by molar-refractivity contribution is 5.94. The van der Waals surface area contributed by atoms with Crippen LogP contribution in [0.3, 0.4) is 0 Å². The largest absolute Gasteiger partial charge is 0.389 e. The molecule has 1 saturated heterocycles. The summed E-state index contributed by atoms with van der Waals surface area (Å²) in [4.78, 5) is 25.9. The Morgan fingerprint density at radius 1 is 1.40 bits per heavy atom. The summed E-state index contributed by atoms with van der Waals surface area (Å²) in [5, 5.41) is 16.6. The lowest BCUT2D eigenvalue weighted by molar-refractivity contribution is 0.0313. The van der Waals surface area contributed by atoms with Crippen LogP contribution in [0.5, 0.6) is 0 Å². The van der Waals surface area contributed by atoms with Gasteiger partial charge in [0.2, 0.25) is 0 Å². The highest BCUT2D eigenvalue weighted by Crippen LogP contribution is 2.16. The molecule has 1 aliphatic heterocycles. The quantitative estimate of drug-likeness (QED) is 0.868. The van der Waals surface area contributed by atoms with E-state index in [9.17, 15) is 19.1 Å². The fourth-order valence-electron chi connectivity index (χ4n) is 2.80. The van der Waals surface area contributed by atoms with Gasteiger partial charge in [-0.1, -0.05) is 11.2 Å². The summed E-state index contributed by atoms with van der Waals surface area (Å²) in [6, 6.07) is 6.42. The Morgan fingerprint density at radius 2 is 2.20 bits per heavy atom. The van der Waals surface area contributed by atoms with Crippen LogP contribution >= 0.6 is 0 Å². The van der Waals surface area contributed by atoms with Gasteiger partial charge < -0.3 is 19.8 Å². The molecular weight excluding hydrogens is 329 g/mol. The molecule has 2 atom stereocenters. The van der Waals surface area contributed by atoms with E-state index in [0.717, 1.165) is 6.07 Å². The van der Waals surface area contributed by atoms with Crippen molar-refractivity contribution in [3.8, 4) is 0 Å². The number of benzene rings is 1. The van der Waals surface area contributed by atoms with E-state index in [2.05, 4.69) is 10.5 Å². The molecule has 0 radical (unpaired) electrons. The van der Waals surface area contributed by atoms with Crippen LogP contribution < -0.4 is 5.32 Å². The fourth-order valence-corrected chi connectivity index (χ4v) is 2.80. The van der Waals surface area contributed by atoms with Crippen LogP contribution in [0.2, 0.25) is 0 Å². The second-order valence-electron chi connectivity index (χ2n) is 6.02. The number of aromatic nitrogens is 1. The number of rotatable bonds is 3. The third-order valence-corrected chi connectivity index (χ3v) is 4.12. The number of carbonyl (C=O) groups is 2. The van der Waals surface area contributed by atoms with Crippen LogP contribution in [0, 0.1) is 12.7 Å². The molecule has 25 heavy (non-hydrogen) atoms.